The molecule has 0 aliphatic carbocycles. The number of aliphatic hydroxyl groups is 2. The smallest absolute Gasteiger partial charge is 0.326 e. The van der Waals surface area contributed by atoms with E-state index >= 15 is 0 Å². The van der Waals surface area contributed by atoms with Crippen LogP contribution in [0.4, 0.5) is 0 Å². The Kier molecular flexibility index (Phi) is 36.8. The summed E-state index contributed by atoms with van der Waals surface area (Å²) in [7, 11) is 0. The number of unbranched alkanes of at least 4 members (excludes halogenated alkanes) is 1. The zero-order valence-corrected chi connectivity index (χ0v) is 55.2. The minimum atomic E-state index is -2.00. The topological polar surface area (TPSA) is 553 Å². The molecule has 0 spiro atoms. The summed E-state index contributed by atoms with van der Waals surface area (Å²) < 4.78 is 0. The van der Waals surface area contributed by atoms with Gasteiger partial charge in [-0.25, -0.2) is 9.78 Å². The maximum absolute atomic E-state index is 14.3. The van der Waals surface area contributed by atoms with Gasteiger partial charge in [0.25, 0.3) is 0 Å². The molecule has 0 aliphatic rings. The zero-order chi connectivity index (χ0) is 71.6. The highest BCUT2D eigenvalue weighted by atomic mass is 32.1. The lowest BCUT2D eigenvalue weighted by molar-refractivity contribution is -0.143. The predicted octanol–water partition coefficient (Wildman–Crippen LogP) is -4.52. The van der Waals surface area contributed by atoms with Crippen LogP contribution in [0.15, 0.2) is 42.9 Å². The van der Waals surface area contributed by atoms with Gasteiger partial charge in [0.05, 0.1) is 32.0 Å². The highest BCUT2D eigenvalue weighted by Gasteiger charge is 2.38. The molecule has 0 bridgehead atoms. The molecule has 1 heterocycles. The van der Waals surface area contributed by atoms with Gasteiger partial charge in [-0.2, -0.15) is 12.6 Å². The van der Waals surface area contributed by atoms with E-state index < -0.39 is 188 Å². The maximum atomic E-state index is 14.3. The molecule has 21 N–H and O–H groups in total. The van der Waals surface area contributed by atoms with Crippen LogP contribution in [0.25, 0.3) is 0 Å². The molecular weight excluding hydrogens is 1270 g/mol. The number of carbonyl (C=O) groups excluding carboxylic acids is 11. The molecule has 0 aliphatic heterocycles. The second-order valence-electron chi connectivity index (χ2n) is 24.0. The highest BCUT2D eigenvalue weighted by Crippen LogP contribution is 2.14. The SMILES string of the molecule is CC(C)C[C@H](NC(=O)[C@H](CCC(=O)O)NC(=O)[C@H](CC(=O)O)NC(=O)CNC(=O)[C@H](Cc1ccccc1)NC(=O)[C@H](CC(C)C)NC(=O)[C@@H](NC(=O)[C@H](Cc1cnc[nH]1)NC(=O)[C@H](CC(C)C)NC(=O)[C@@H](N)CO)[C@@H](C)O)C(=O)N[C@@H](CS)C(=O)N[C@@H](CCCCN)C(=O)O. The number of carboxylic acids is 3. The van der Waals surface area contributed by atoms with Crippen molar-refractivity contribution in [2.24, 2.45) is 29.2 Å². The van der Waals surface area contributed by atoms with Crippen LogP contribution >= 0.6 is 12.6 Å². The number of thiol groups is 1. The van der Waals surface area contributed by atoms with E-state index in [2.05, 4.69) is 81.1 Å². The Bertz CT molecular complexity index is 2890. The lowest BCUT2D eigenvalue weighted by Gasteiger charge is -2.29. The molecule has 530 valence electrons. The van der Waals surface area contributed by atoms with Crippen LogP contribution in [-0.2, 0) is 80.0 Å². The molecule has 12 atom stereocenters. The molecule has 1 aromatic carbocycles. The van der Waals surface area contributed by atoms with Crippen molar-refractivity contribution < 1.29 is 92.7 Å². The number of aliphatic hydroxyl groups excluding tert-OH is 2. The Morgan fingerprint density at radius 3 is 1.46 bits per heavy atom. The van der Waals surface area contributed by atoms with E-state index in [1.807, 2.05) is 0 Å². The first-order valence-electron chi connectivity index (χ1n) is 31.0. The average Bonchev–Trinajstić information content (AvgIpc) is 2.09. The Balaban J connectivity index is 2.39. The third kappa shape index (κ3) is 31.3. The zero-order valence-electron chi connectivity index (χ0n) is 54.3. The molecular formula is C60H95N15O19S. The summed E-state index contributed by atoms with van der Waals surface area (Å²) >= 11 is 4.13. The normalized spacial score (nSPS) is 15.0. The molecule has 35 heteroatoms. The predicted molar refractivity (Wildman–Crippen MR) is 343 cm³/mol. The Morgan fingerprint density at radius 2 is 0.989 bits per heavy atom. The summed E-state index contributed by atoms with van der Waals surface area (Å²) in [6.45, 7) is 10.1. The number of nitrogens with two attached hydrogens (primary N) is 2. The monoisotopic (exact) mass is 1360 g/mol. The van der Waals surface area contributed by atoms with E-state index in [1.165, 1.54) is 19.4 Å². The van der Waals surface area contributed by atoms with Crippen molar-refractivity contribution in [3.8, 4) is 0 Å². The van der Waals surface area contributed by atoms with Gasteiger partial charge in [0.1, 0.15) is 66.5 Å². The minimum absolute atomic E-state index is 0.0283. The Labute approximate surface area is 555 Å². The van der Waals surface area contributed by atoms with Crippen molar-refractivity contribution in [3.63, 3.8) is 0 Å². The van der Waals surface area contributed by atoms with E-state index in [-0.39, 0.29) is 68.6 Å². The van der Waals surface area contributed by atoms with Crippen LogP contribution in [-0.4, -0.2) is 216 Å². The number of H-pyrrole nitrogens is 1. The van der Waals surface area contributed by atoms with Gasteiger partial charge >= 0.3 is 17.9 Å². The quantitative estimate of drug-likeness (QED) is 0.0219. The number of hydrogen-bond donors (Lipinski definition) is 20. The summed E-state index contributed by atoms with van der Waals surface area (Å²) in [6, 6.07) is -8.71. The van der Waals surface area contributed by atoms with Gasteiger partial charge in [0.2, 0.25) is 65.0 Å². The van der Waals surface area contributed by atoms with Crippen LogP contribution < -0.4 is 70.0 Å². The number of hydrogen-bond acceptors (Lipinski definition) is 20. The van der Waals surface area contributed by atoms with Gasteiger partial charge in [0, 0.05) is 36.9 Å². The molecule has 11 amide bonds. The van der Waals surface area contributed by atoms with Crippen molar-refractivity contribution in [2.75, 3.05) is 25.4 Å². The first-order valence-corrected chi connectivity index (χ1v) is 31.7. The third-order valence-corrected chi connectivity index (χ3v) is 14.6. The van der Waals surface area contributed by atoms with Gasteiger partial charge < -0.3 is 100 Å². The molecule has 2 aromatic rings. The molecule has 2 rings (SSSR count). The fraction of sp³-hybridized carbons (Fsp3) is 0.617. The van der Waals surface area contributed by atoms with E-state index in [9.17, 15) is 92.7 Å². The van der Waals surface area contributed by atoms with Gasteiger partial charge in [-0.15, -0.1) is 0 Å². The lowest BCUT2D eigenvalue weighted by atomic mass is 10.00. The number of aromatic amines is 1. The molecule has 1 aromatic heterocycles. The maximum Gasteiger partial charge on any atom is 0.326 e. The second kappa shape index (κ2) is 42.5. The lowest BCUT2D eigenvalue weighted by Crippen LogP contribution is -2.62. The molecule has 95 heavy (non-hydrogen) atoms. The van der Waals surface area contributed by atoms with Crippen LogP contribution in [0.2, 0.25) is 0 Å². The summed E-state index contributed by atoms with van der Waals surface area (Å²) in [4.78, 5) is 194. The summed E-state index contributed by atoms with van der Waals surface area (Å²) in [5.41, 5.74) is 12.0. The first-order chi connectivity index (χ1) is 44.7. The number of rotatable bonds is 45. The summed E-state index contributed by atoms with van der Waals surface area (Å²) in [5.74, 6) is -16.8. The number of aliphatic carboxylic acids is 3. The van der Waals surface area contributed by atoms with Crippen LogP contribution in [0.1, 0.15) is 118 Å². The fourth-order valence-corrected chi connectivity index (χ4v) is 9.57. The van der Waals surface area contributed by atoms with Crippen LogP contribution in [0.5, 0.6) is 0 Å². The molecule has 0 unspecified atom stereocenters. The number of amides is 11. The minimum Gasteiger partial charge on any atom is -0.481 e. The van der Waals surface area contributed by atoms with Crippen LogP contribution in [0, 0.1) is 17.8 Å². The van der Waals surface area contributed by atoms with E-state index in [1.54, 1.807) is 71.9 Å². The molecule has 0 saturated heterocycles. The number of aromatic nitrogens is 2. The first kappa shape index (κ1) is 82.3. The summed E-state index contributed by atoms with van der Waals surface area (Å²) in [6.07, 6.45) is -1.18. The van der Waals surface area contributed by atoms with Gasteiger partial charge in [-0.3, -0.25) is 62.3 Å². The standard InChI is InChI=1S/C60H95N15O19S/c1-30(2)19-39(69-50(83)36(62)27-76)53(86)72-43(23-35-25-63-29-65-35)57(90)75-49(33(7)77)59(92)73-41(21-32(5)6)54(87)71-42(22-34-13-9-8-10-14-34)51(84)64-26-46(78)66-44(24-48(81)82)56(89)67-37(16-17-47(79)80)52(85)70-40(20-31(3)4)55(88)74-45(28-95)58(91)68-38(60(93)94)15-11-12-18-61/h8-10,13-14,25,29-33,36-45,49,76-77,95H,11-12,15-24,26-28,61-62H2,1-7H3,(H,63,65)(H,64,84)(H,66,78)(H,67,89)(H,68,91)(H,69,83)(H,70,85)(H,71,87)(H,72,86)(H,73,92)(H,74,88)(H,75,90)(H,79,80)(H,81,82)(H,93,94)/t33-,36+,37+,38+,39+,40+,41+,42+,43+,44+,45+,49+/m1/s1. The number of nitrogens with one attached hydrogen (secondary N) is 12. The van der Waals surface area contributed by atoms with Crippen molar-refractivity contribution in [1.29, 1.82) is 0 Å². The average molecular weight is 1360 g/mol. The van der Waals surface area contributed by atoms with Gasteiger partial charge in [-0.05, 0) is 81.7 Å². The number of carboxylic acid groups (broad SMARTS) is 3. The Morgan fingerprint density at radius 1 is 0.526 bits per heavy atom. The van der Waals surface area contributed by atoms with E-state index in [0.717, 1.165) is 0 Å². The van der Waals surface area contributed by atoms with E-state index in [4.69, 9.17) is 11.5 Å². The number of nitrogens with zero attached hydrogens (tertiary/aromatic N) is 1. The van der Waals surface area contributed by atoms with Crippen molar-refractivity contribution >= 4 is 95.5 Å². The third-order valence-electron chi connectivity index (χ3n) is 14.3. The Hall–Kier alpha value is -8.80. The largest absolute Gasteiger partial charge is 0.481 e. The van der Waals surface area contributed by atoms with E-state index in [0.29, 0.717) is 24.1 Å². The van der Waals surface area contributed by atoms with Crippen molar-refractivity contribution in [1.82, 2.24) is 68.5 Å². The number of benzene rings is 1. The molecule has 0 fully saturated rings. The highest BCUT2D eigenvalue weighted by molar-refractivity contribution is 7.80. The fourth-order valence-electron chi connectivity index (χ4n) is 9.31. The van der Waals surface area contributed by atoms with Gasteiger partial charge in [-0.1, -0.05) is 71.9 Å². The molecule has 0 radical (unpaired) electrons. The van der Waals surface area contributed by atoms with Crippen molar-refractivity contribution in [3.05, 3.63) is 54.1 Å². The molecule has 34 nitrogen and oxygen atoms in total. The summed E-state index contributed by atoms with van der Waals surface area (Å²) in [5, 5.41) is 75.9. The number of imidazole rings is 1. The van der Waals surface area contributed by atoms with Crippen molar-refractivity contribution in [2.45, 2.75) is 192 Å². The van der Waals surface area contributed by atoms with Gasteiger partial charge in [0.15, 0.2) is 0 Å². The number of carbonyl (C=O) groups is 14. The molecule has 0 saturated carbocycles. The van der Waals surface area contributed by atoms with Crippen LogP contribution in [0.3, 0.4) is 0 Å². The second-order valence-corrected chi connectivity index (χ2v) is 24.4.